The molecule has 1 heterocycles. The predicted molar refractivity (Wildman–Crippen MR) is 86.4 cm³/mol. The van der Waals surface area contributed by atoms with Gasteiger partial charge in [-0.15, -0.1) is 11.3 Å². The van der Waals surface area contributed by atoms with Crippen molar-refractivity contribution < 1.29 is 9.53 Å². The van der Waals surface area contributed by atoms with Gasteiger partial charge in [0.2, 0.25) is 0 Å². The number of halogens is 1. The van der Waals surface area contributed by atoms with Gasteiger partial charge in [-0.1, -0.05) is 48.9 Å². The molecule has 1 aromatic heterocycles. The molecule has 1 unspecified atom stereocenters. The quantitative estimate of drug-likeness (QED) is 0.786. The van der Waals surface area contributed by atoms with Crippen LogP contribution < -0.4 is 5.32 Å². The van der Waals surface area contributed by atoms with E-state index < -0.39 is 0 Å². The normalized spacial score (nSPS) is 12.1. The highest BCUT2D eigenvalue weighted by atomic mass is 35.5. The molecule has 1 atom stereocenters. The Kier molecular flexibility index (Phi) is 6.23. The summed E-state index contributed by atoms with van der Waals surface area (Å²) in [7, 11) is 0. The monoisotopic (exact) mass is 323 g/mol. The number of carbonyl (C=O) groups is 1. The molecule has 0 aliphatic carbocycles. The summed E-state index contributed by atoms with van der Waals surface area (Å²) in [5, 5.41) is 3.24. The predicted octanol–water partition coefficient (Wildman–Crippen LogP) is 3.87. The van der Waals surface area contributed by atoms with Crippen molar-refractivity contribution in [3.63, 3.8) is 0 Å². The van der Waals surface area contributed by atoms with Gasteiger partial charge in [0.15, 0.2) is 0 Å². The molecule has 1 aromatic carbocycles. The van der Waals surface area contributed by atoms with Gasteiger partial charge in [-0.05, 0) is 17.7 Å². The van der Waals surface area contributed by atoms with Crippen molar-refractivity contribution in [2.45, 2.75) is 20.1 Å². The van der Waals surface area contributed by atoms with Crippen LogP contribution in [-0.4, -0.2) is 12.5 Å². The maximum atomic E-state index is 11.9. The average molecular weight is 324 g/mol. The van der Waals surface area contributed by atoms with E-state index in [0.29, 0.717) is 19.7 Å². The lowest BCUT2D eigenvalue weighted by Gasteiger charge is -2.12. The number of benzene rings is 1. The molecule has 2 rings (SSSR count). The zero-order valence-corrected chi connectivity index (χ0v) is 13.4. The Balaban J connectivity index is 1.67. The Hall–Kier alpha value is -1.36. The first-order valence-electron chi connectivity index (χ1n) is 6.80. The van der Waals surface area contributed by atoms with Crippen LogP contribution in [0, 0.1) is 5.92 Å². The van der Waals surface area contributed by atoms with Gasteiger partial charge in [0, 0.05) is 18.0 Å². The van der Waals surface area contributed by atoms with Crippen LogP contribution in [0.25, 0.3) is 0 Å². The van der Waals surface area contributed by atoms with Gasteiger partial charge in [-0.3, -0.25) is 4.79 Å². The SMILES string of the molecule is CC(CNCc1ccc(Cl)s1)C(=O)OCc1ccccc1. The molecule has 0 fully saturated rings. The number of esters is 1. The zero-order valence-electron chi connectivity index (χ0n) is 11.8. The molecule has 0 bridgehead atoms. The molecule has 0 spiro atoms. The smallest absolute Gasteiger partial charge is 0.310 e. The molecule has 0 aliphatic rings. The fraction of sp³-hybridized carbons (Fsp3) is 0.312. The lowest BCUT2D eigenvalue weighted by molar-refractivity contribution is -0.149. The van der Waals surface area contributed by atoms with E-state index in [9.17, 15) is 4.79 Å². The minimum Gasteiger partial charge on any atom is -0.461 e. The summed E-state index contributed by atoms with van der Waals surface area (Å²) in [6.45, 7) is 3.49. The lowest BCUT2D eigenvalue weighted by Crippen LogP contribution is -2.27. The van der Waals surface area contributed by atoms with E-state index in [0.717, 1.165) is 14.8 Å². The van der Waals surface area contributed by atoms with Gasteiger partial charge < -0.3 is 10.1 Å². The van der Waals surface area contributed by atoms with E-state index in [4.69, 9.17) is 16.3 Å². The fourth-order valence-electron chi connectivity index (χ4n) is 1.81. The third-order valence-electron chi connectivity index (χ3n) is 3.00. The second-order valence-electron chi connectivity index (χ2n) is 4.83. The lowest BCUT2D eigenvalue weighted by atomic mass is 10.2. The number of rotatable bonds is 7. The summed E-state index contributed by atoms with van der Waals surface area (Å²) in [6, 6.07) is 13.5. The van der Waals surface area contributed by atoms with Crippen LogP contribution in [0.3, 0.4) is 0 Å². The van der Waals surface area contributed by atoms with Crippen LogP contribution in [0.2, 0.25) is 4.34 Å². The summed E-state index contributed by atoms with van der Waals surface area (Å²) in [5.74, 6) is -0.361. The minimum absolute atomic E-state index is 0.177. The molecule has 2 aromatic rings. The van der Waals surface area contributed by atoms with Gasteiger partial charge >= 0.3 is 5.97 Å². The third kappa shape index (κ3) is 5.50. The molecular weight excluding hydrogens is 306 g/mol. The van der Waals surface area contributed by atoms with Crippen LogP contribution in [0.15, 0.2) is 42.5 Å². The maximum absolute atomic E-state index is 11.9. The summed E-state index contributed by atoms with van der Waals surface area (Å²) in [5.41, 5.74) is 0.999. The Labute approximate surface area is 133 Å². The van der Waals surface area contributed by atoms with Crippen LogP contribution in [0.1, 0.15) is 17.4 Å². The molecule has 112 valence electrons. The number of thiophene rings is 1. The number of hydrogen-bond donors (Lipinski definition) is 1. The molecular formula is C16H18ClNO2S. The third-order valence-corrected chi connectivity index (χ3v) is 4.24. The van der Waals surface area contributed by atoms with Gasteiger partial charge in [-0.2, -0.15) is 0 Å². The molecule has 0 saturated heterocycles. The van der Waals surface area contributed by atoms with E-state index in [-0.39, 0.29) is 11.9 Å². The Morgan fingerprint density at radius 3 is 2.71 bits per heavy atom. The summed E-state index contributed by atoms with van der Waals surface area (Å²) in [4.78, 5) is 13.0. The van der Waals surface area contributed by atoms with Crippen molar-refractivity contribution in [1.82, 2.24) is 5.32 Å². The van der Waals surface area contributed by atoms with Gasteiger partial charge in [0.05, 0.1) is 10.3 Å². The molecule has 0 saturated carbocycles. The summed E-state index contributed by atoms with van der Waals surface area (Å²) >= 11 is 7.41. The van der Waals surface area contributed by atoms with E-state index in [2.05, 4.69) is 5.32 Å². The van der Waals surface area contributed by atoms with Gasteiger partial charge in [0.25, 0.3) is 0 Å². The highest BCUT2D eigenvalue weighted by Crippen LogP contribution is 2.21. The maximum Gasteiger partial charge on any atom is 0.310 e. The first-order valence-corrected chi connectivity index (χ1v) is 8.00. The summed E-state index contributed by atoms with van der Waals surface area (Å²) in [6.07, 6.45) is 0. The van der Waals surface area contributed by atoms with Crippen LogP contribution in [-0.2, 0) is 22.7 Å². The van der Waals surface area contributed by atoms with E-state index in [1.807, 2.05) is 49.4 Å². The standard InChI is InChI=1S/C16H18ClNO2S/c1-12(9-18-10-14-7-8-15(17)21-14)16(19)20-11-13-5-3-2-4-6-13/h2-8,12,18H,9-11H2,1H3. The van der Waals surface area contributed by atoms with E-state index in [1.165, 1.54) is 0 Å². The summed E-state index contributed by atoms with van der Waals surface area (Å²) < 4.78 is 6.08. The van der Waals surface area contributed by atoms with Crippen molar-refractivity contribution in [3.05, 3.63) is 57.2 Å². The van der Waals surface area contributed by atoms with Crippen molar-refractivity contribution in [2.24, 2.45) is 5.92 Å². The first kappa shape index (κ1) is 16.0. The Bertz CT molecular complexity index is 571. The number of ether oxygens (including phenoxy) is 1. The highest BCUT2D eigenvalue weighted by Gasteiger charge is 2.14. The highest BCUT2D eigenvalue weighted by molar-refractivity contribution is 7.16. The van der Waals surface area contributed by atoms with Crippen LogP contribution >= 0.6 is 22.9 Å². The number of carbonyl (C=O) groups excluding carboxylic acids is 1. The van der Waals surface area contributed by atoms with E-state index in [1.54, 1.807) is 11.3 Å². The topological polar surface area (TPSA) is 38.3 Å². The van der Waals surface area contributed by atoms with Crippen LogP contribution in [0.5, 0.6) is 0 Å². The molecule has 0 aliphatic heterocycles. The van der Waals surface area contributed by atoms with Crippen molar-refractivity contribution >= 4 is 28.9 Å². The van der Waals surface area contributed by atoms with Crippen LogP contribution in [0.4, 0.5) is 0 Å². The molecule has 1 N–H and O–H groups in total. The first-order chi connectivity index (χ1) is 10.1. The molecule has 21 heavy (non-hydrogen) atoms. The number of nitrogens with one attached hydrogen (secondary N) is 1. The van der Waals surface area contributed by atoms with Gasteiger partial charge in [-0.25, -0.2) is 0 Å². The average Bonchev–Trinajstić information content (AvgIpc) is 2.91. The Morgan fingerprint density at radius 2 is 2.05 bits per heavy atom. The minimum atomic E-state index is -0.185. The number of hydrogen-bond acceptors (Lipinski definition) is 4. The van der Waals surface area contributed by atoms with E-state index >= 15 is 0 Å². The molecule has 3 nitrogen and oxygen atoms in total. The van der Waals surface area contributed by atoms with Crippen molar-refractivity contribution in [2.75, 3.05) is 6.54 Å². The second-order valence-corrected chi connectivity index (χ2v) is 6.63. The molecule has 0 radical (unpaired) electrons. The van der Waals surface area contributed by atoms with Gasteiger partial charge in [0.1, 0.15) is 6.61 Å². The largest absolute Gasteiger partial charge is 0.461 e. The molecule has 0 amide bonds. The van der Waals surface area contributed by atoms with Crippen molar-refractivity contribution in [3.8, 4) is 0 Å². The van der Waals surface area contributed by atoms with Crippen molar-refractivity contribution in [1.29, 1.82) is 0 Å². The molecule has 5 heteroatoms. The fourth-order valence-corrected chi connectivity index (χ4v) is 2.87. The Morgan fingerprint density at radius 1 is 1.29 bits per heavy atom. The zero-order chi connectivity index (χ0) is 15.1. The second kappa shape index (κ2) is 8.17.